The monoisotopic (exact) mass is 398 g/mol. The van der Waals surface area contributed by atoms with Crippen molar-refractivity contribution in [3.05, 3.63) is 70.9 Å². The molecule has 1 atom stereocenters. The maximum absolute atomic E-state index is 13.2. The summed E-state index contributed by atoms with van der Waals surface area (Å²) in [4.78, 5) is 25.5. The smallest absolute Gasteiger partial charge is 0.265 e. The molecule has 0 radical (unpaired) electrons. The van der Waals surface area contributed by atoms with E-state index in [0.29, 0.717) is 21.9 Å². The number of ether oxygens (including phenoxy) is 1. The molecule has 144 valence electrons. The highest BCUT2D eigenvalue weighted by Gasteiger charge is 2.24. The molecule has 0 aliphatic rings. The number of thiophene rings is 1. The lowest BCUT2D eigenvalue weighted by Crippen LogP contribution is -2.30. The molecule has 0 fully saturated rings. The molecule has 2 aromatic carbocycles. The largest absolute Gasteiger partial charge is 0.481 e. The van der Waals surface area contributed by atoms with Crippen LogP contribution < -0.4 is 15.8 Å². The molecule has 0 saturated heterocycles. The molecule has 3 N–H and O–H groups in total. The van der Waals surface area contributed by atoms with E-state index in [1.165, 1.54) is 23.5 Å². The van der Waals surface area contributed by atoms with Crippen LogP contribution in [0.25, 0.3) is 11.1 Å². The van der Waals surface area contributed by atoms with Crippen LogP contribution in [0.2, 0.25) is 0 Å². The number of carbonyl (C=O) groups excluding carboxylic acids is 2. The number of amides is 2. The Morgan fingerprint density at radius 3 is 2.36 bits per heavy atom. The molecule has 1 heterocycles. The molecule has 5 nitrogen and oxygen atoms in total. The first-order chi connectivity index (χ1) is 13.4. The molecule has 0 aliphatic carbocycles. The number of hydrogen-bond acceptors (Lipinski definition) is 4. The normalized spacial score (nSPS) is 11.7. The van der Waals surface area contributed by atoms with Crippen LogP contribution in [0.5, 0.6) is 5.75 Å². The molecular formula is C21H19FN2O3S. The van der Waals surface area contributed by atoms with Crippen LogP contribution >= 0.6 is 11.3 Å². The number of nitrogens with one attached hydrogen (secondary N) is 1. The summed E-state index contributed by atoms with van der Waals surface area (Å²) in [6.45, 7) is 3.43. The zero-order valence-corrected chi connectivity index (χ0v) is 16.2. The van der Waals surface area contributed by atoms with Gasteiger partial charge in [-0.05, 0) is 43.7 Å². The SMILES string of the molecule is Cc1sc(NC(=O)[C@H](C)Oc2ccccc2)c(C(N)=O)c1-c1ccc(F)cc1. The van der Waals surface area contributed by atoms with Gasteiger partial charge in [-0.25, -0.2) is 4.39 Å². The first-order valence-corrected chi connectivity index (χ1v) is 9.40. The summed E-state index contributed by atoms with van der Waals surface area (Å²) < 4.78 is 18.9. The lowest BCUT2D eigenvalue weighted by molar-refractivity contribution is -0.122. The third-order valence-corrected chi connectivity index (χ3v) is 5.15. The van der Waals surface area contributed by atoms with Gasteiger partial charge in [-0.2, -0.15) is 0 Å². The number of benzene rings is 2. The fourth-order valence-electron chi connectivity index (χ4n) is 2.80. The average Bonchev–Trinajstić information content (AvgIpc) is 2.99. The van der Waals surface area contributed by atoms with Crippen LogP contribution in [-0.4, -0.2) is 17.9 Å². The Labute approximate surface area is 166 Å². The van der Waals surface area contributed by atoms with Crippen molar-refractivity contribution in [2.24, 2.45) is 5.73 Å². The predicted octanol–water partition coefficient (Wildman–Crippen LogP) is 4.37. The van der Waals surface area contributed by atoms with Crippen molar-refractivity contribution in [1.82, 2.24) is 0 Å². The van der Waals surface area contributed by atoms with Crippen molar-refractivity contribution >= 4 is 28.2 Å². The molecule has 0 unspecified atom stereocenters. The number of para-hydroxylation sites is 1. The van der Waals surface area contributed by atoms with Crippen molar-refractivity contribution in [1.29, 1.82) is 0 Å². The van der Waals surface area contributed by atoms with E-state index >= 15 is 0 Å². The van der Waals surface area contributed by atoms with Crippen LogP contribution in [0.1, 0.15) is 22.2 Å². The summed E-state index contributed by atoms with van der Waals surface area (Å²) in [6.07, 6.45) is -0.778. The van der Waals surface area contributed by atoms with Gasteiger partial charge in [-0.15, -0.1) is 11.3 Å². The predicted molar refractivity (Wildman–Crippen MR) is 108 cm³/mol. The standard InChI is InChI=1S/C21H19FN2O3S/c1-12(27-16-6-4-3-5-7-16)20(26)24-21-18(19(23)25)17(13(2)28-21)14-8-10-15(22)11-9-14/h3-12H,1-2H3,(H2,23,25)(H,24,26)/t12-/m0/s1. The summed E-state index contributed by atoms with van der Waals surface area (Å²) in [5.41, 5.74) is 7.02. The maximum Gasteiger partial charge on any atom is 0.265 e. The van der Waals surface area contributed by atoms with Crippen molar-refractivity contribution < 1.29 is 18.7 Å². The van der Waals surface area contributed by atoms with Crippen molar-refractivity contribution in [2.45, 2.75) is 20.0 Å². The third-order valence-electron chi connectivity index (χ3n) is 4.13. The van der Waals surface area contributed by atoms with Gasteiger partial charge in [0.2, 0.25) is 0 Å². The van der Waals surface area contributed by atoms with Gasteiger partial charge in [0.15, 0.2) is 6.10 Å². The molecule has 1 aromatic heterocycles. The minimum atomic E-state index is -0.778. The highest BCUT2D eigenvalue weighted by Crippen LogP contribution is 2.39. The van der Waals surface area contributed by atoms with E-state index in [9.17, 15) is 14.0 Å². The van der Waals surface area contributed by atoms with E-state index in [-0.39, 0.29) is 11.4 Å². The van der Waals surface area contributed by atoms with Crippen LogP contribution in [0.4, 0.5) is 9.39 Å². The Kier molecular flexibility index (Phi) is 5.75. The van der Waals surface area contributed by atoms with Gasteiger partial charge in [-0.1, -0.05) is 30.3 Å². The Morgan fingerprint density at radius 2 is 1.75 bits per heavy atom. The van der Waals surface area contributed by atoms with Gasteiger partial charge in [0.25, 0.3) is 11.8 Å². The molecular weight excluding hydrogens is 379 g/mol. The molecule has 0 spiro atoms. The molecule has 0 aliphatic heterocycles. The molecule has 3 aromatic rings. The van der Waals surface area contributed by atoms with E-state index in [1.54, 1.807) is 31.2 Å². The first kappa shape index (κ1) is 19.6. The van der Waals surface area contributed by atoms with Gasteiger partial charge in [0, 0.05) is 10.4 Å². The van der Waals surface area contributed by atoms with E-state index < -0.39 is 17.9 Å². The zero-order chi connectivity index (χ0) is 20.3. The molecule has 28 heavy (non-hydrogen) atoms. The topological polar surface area (TPSA) is 81.4 Å². The fraction of sp³-hybridized carbons (Fsp3) is 0.143. The number of nitrogens with two attached hydrogens (primary N) is 1. The number of aryl methyl sites for hydroxylation is 1. The van der Waals surface area contributed by atoms with E-state index in [4.69, 9.17) is 10.5 Å². The second kappa shape index (κ2) is 8.22. The average molecular weight is 398 g/mol. The summed E-state index contributed by atoms with van der Waals surface area (Å²) in [6, 6.07) is 14.7. The van der Waals surface area contributed by atoms with E-state index in [2.05, 4.69) is 5.32 Å². The molecule has 2 amide bonds. The van der Waals surface area contributed by atoms with Crippen LogP contribution in [0, 0.1) is 12.7 Å². The summed E-state index contributed by atoms with van der Waals surface area (Å²) in [5, 5.41) is 3.08. The van der Waals surface area contributed by atoms with Crippen LogP contribution in [-0.2, 0) is 4.79 Å². The van der Waals surface area contributed by atoms with Gasteiger partial charge in [-0.3, -0.25) is 9.59 Å². The van der Waals surface area contributed by atoms with Crippen LogP contribution in [0.3, 0.4) is 0 Å². The van der Waals surface area contributed by atoms with E-state index in [0.717, 1.165) is 4.88 Å². The van der Waals surface area contributed by atoms with Crippen molar-refractivity contribution in [2.75, 3.05) is 5.32 Å². The van der Waals surface area contributed by atoms with E-state index in [1.807, 2.05) is 25.1 Å². The van der Waals surface area contributed by atoms with Gasteiger partial charge in [0.05, 0.1) is 5.56 Å². The summed E-state index contributed by atoms with van der Waals surface area (Å²) >= 11 is 1.24. The Hall–Kier alpha value is -3.19. The minimum Gasteiger partial charge on any atom is -0.481 e. The van der Waals surface area contributed by atoms with Crippen molar-refractivity contribution in [3.8, 4) is 16.9 Å². The minimum absolute atomic E-state index is 0.203. The molecule has 0 bridgehead atoms. The fourth-order valence-corrected chi connectivity index (χ4v) is 3.89. The van der Waals surface area contributed by atoms with Gasteiger partial charge < -0.3 is 15.8 Å². The van der Waals surface area contributed by atoms with Crippen LogP contribution in [0.15, 0.2) is 54.6 Å². The third kappa shape index (κ3) is 4.20. The first-order valence-electron chi connectivity index (χ1n) is 8.58. The number of halogens is 1. The lowest BCUT2D eigenvalue weighted by Gasteiger charge is -2.14. The Balaban J connectivity index is 1.87. The zero-order valence-electron chi connectivity index (χ0n) is 15.4. The maximum atomic E-state index is 13.2. The summed E-state index contributed by atoms with van der Waals surface area (Å²) in [7, 11) is 0. The highest BCUT2D eigenvalue weighted by molar-refractivity contribution is 7.17. The van der Waals surface area contributed by atoms with Crippen molar-refractivity contribution in [3.63, 3.8) is 0 Å². The quantitative estimate of drug-likeness (QED) is 0.647. The Morgan fingerprint density at radius 1 is 1.11 bits per heavy atom. The molecule has 0 saturated carbocycles. The second-order valence-electron chi connectivity index (χ2n) is 6.17. The van der Waals surface area contributed by atoms with Gasteiger partial charge >= 0.3 is 0 Å². The molecule has 7 heteroatoms. The summed E-state index contributed by atoms with van der Waals surface area (Å²) in [5.74, 6) is -0.888. The van der Waals surface area contributed by atoms with Gasteiger partial charge in [0.1, 0.15) is 16.6 Å². The number of carbonyl (C=O) groups is 2. The second-order valence-corrected chi connectivity index (χ2v) is 7.40. The Bertz CT molecular complexity index is 1000. The lowest BCUT2D eigenvalue weighted by atomic mass is 10.0. The molecule has 3 rings (SSSR count). The number of anilines is 1. The number of hydrogen-bond donors (Lipinski definition) is 2. The number of primary amides is 1. The number of rotatable bonds is 6. The highest BCUT2D eigenvalue weighted by atomic mass is 32.1.